The zero-order chi connectivity index (χ0) is 17.1. The van der Waals surface area contributed by atoms with Gasteiger partial charge in [0.05, 0.1) is 11.7 Å². The first-order valence-corrected chi connectivity index (χ1v) is 9.28. The molecule has 8 heteroatoms. The van der Waals surface area contributed by atoms with Gasteiger partial charge in [-0.1, -0.05) is 18.3 Å². The fraction of sp³-hybridized carbons (Fsp3) is 0.625. The van der Waals surface area contributed by atoms with E-state index in [2.05, 4.69) is 25.7 Å². The first-order chi connectivity index (χ1) is 11.6. The molecule has 0 saturated carbocycles. The van der Waals surface area contributed by atoms with E-state index in [1.807, 2.05) is 25.8 Å². The van der Waals surface area contributed by atoms with E-state index in [1.165, 1.54) is 35.4 Å². The van der Waals surface area contributed by atoms with Crippen LogP contribution in [0, 0.1) is 0 Å². The average Bonchev–Trinajstić information content (AvgIpc) is 3.21. The Labute approximate surface area is 145 Å². The number of H-pyrrole nitrogens is 1. The van der Waals surface area contributed by atoms with Crippen LogP contribution in [0.4, 0.5) is 5.13 Å². The van der Waals surface area contributed by atoms with Gasteiger partial charge in [-0.15, -0.1) is 10.2 Å². The molecule has 2 aromatic heterocycles. The number of hydrogen-bond acceptors (Lipinski definition) is 6. The van der Waals surface area contributed by atoms with Gasteiger partial charge in [-0.3, -0.25) is 20.1 Å². The van der Waals surface area contributed by atoms with Gasteiger partial charge in [-0.25, -0.2) is 0 Å². The Morgan fingerprint density at radius 1 is 1.38 bits per heavy atom. The van der Waals surface area contributed by atoms with Gasteiger partial charge in [0.25, 0.3) is 0 Å². The first-order valence-electron chi connectivity index (χ1n) is 8.47. The number of hydrogen-bond donors (Lipinski definition) is 2. The summed E-state index contributed by atoms with van der Waals surface area (Å²) < 4.78 is 0. The lowest BCUT2D eigenvalue weighted by Gasteiger charge is -2.23. The van der Waals surface area contributed by atoms with E-state index in [1.54, 1.807) is 0 Å². The molecule has 1 aliphatic rings. The second kappa shape index (κ2) is 7.40. The summed E-state index contributed by atoms with van der Waals surface area (Å²) in [6, 6.07) is -0.269. The van der Waals surface area contributed by atoms with E-state index in [9.17, 15) is 4.79 Å². The highest BCUT2D eigenvalue weighted by Crippen LogP contribution is 2.23. The van der Waals surface area contributed by atoms with Crippen LogP contribution in [0.15, 0.2) is 0 Å². The van der Waals surface area contributed by atoms with Crippen LogP contribution >= 0.6 is 11.3 Å². The number of aromatic amines is 1. The third kappa shape index (κ3) is 3.64. The molecule has 2 N–H and O–H groups in total. The summed E-state index contributed by atoms with van der Waals surface area (Å²) in [7, 11) is 1.95. The molecule has 0 aromatic carbocycles. The van der Waals surface area contributed by atoms with Crippen molar-refractivity contribution in [1.29, 1.82) is 0 Å². The SMILES string of the molecule is CCc1nnc(NC(=O)C(C)N(C)Cc2n[nH]c3c2CCCC3)s1. The molecular weight excluding hydrogens is 324 g/mol. The number of carbonyl (C=O) groups is 1. The largest absolute Gasteiger partial charge is 0.299 e. The molecule has 0 bridgehead atoms. The lowest BCUT2D eigenvalue weighted by atomic mass is 9.96. The maximum absolute atomic E-state index is 12.4. The average molecular weight is 348 g/mol. The Kier molecular flexibility index (Phi) is 5.25. The number of nitrogens with zero attached hydrogens (tertiary/aromatic N) is 4. The number of aryl methyl sites for hydroxylation is 2. The van der Waals surface area contributed by atoms with Gasteiger partial charge in [-0.05, 0) is 51.6 Å². The van der Waals surface area contributed by atoms with E-state index in [4.69, 9.17) is 0 Å². The molecule has 24 heavy (non-hydrogen) atoms. The van der Waals surface area contributed by atoms with E-state index in [0.29, 0.717) is 11.7 Å². The van der Waals surface area contributed by atoms with Crippen LogP contribution in [0.3, 0.4) is 0 Å². The summed E-state index contributed by atoms with van der Waals surface area (Å²) in [6.45, 7) is 4.58. The lowest BCUT2D eigenvalue weighted by molar-refractivity contribution is -0.120. The summed E-state index contributed by atoms with van der Waals surface area (Å²) in [5, 5.41) is 20.0. The Bertz CT molecular complexity index is 709. The molecule has 2 aromatic rings. The van der Waals surface area contributed by atoms with Gasteiger partial charge >= 0.3 is 0 Å². The van der Waals surface area contributed by atoms with Gasteiger partial charge < -0.3 is 0 Å². The predicted molar refractivity (Wildman–Crippen MR) is 94.1 cm³/mol. The Hall–Kier alpha value is -1.80. The van der Waals surface area contributed by atoms with Crippen molar-refractivity contribution in [2.24, 2.45) is 0 Å². The topological polar surface area (TPSA) is 86.8 Å². The quantitative estimate of drug-likeness (QED) is 0.835. The molecule has 0 aliphatic heterocycles. The third-order valence-corrected chi connectivity index (χ3v) is 5.56. The standard InChI is InChI=1S/C16H24N6OS/c1-4-14-20-21-16(24-14)17-15(23)10(2)22(3)9-13-11-7-5-6-8-12(11)18-19-13/h10H,4-9H2,1-3H3,(H,18,19)(H,17,21,23). The van der Waals surface area contributed by atoms with Gasteiger partial charge in [0.2, 0.25) is 11.0 Å². The molecule has 3 rings (SSSR count). The summed E-state index contributed by atoms with van der Waals surface area (Å²) in [6.07, 6.45) is 5.44. The monoisotopic (exact) mass is 348 g/mol. The number of fused-ring (bicyclic) bond motifs is 1. The maximum atomic E-state index is 12.4. The molecule has 1 unspecified atom stereocenters. The van der Waals surface area contributed by atoms with Crippen molar-refractivity contribution in [2.75, 3.05) is 12.4 Å². The number of rotatable bonds is 6. The zero-order valence-electron chi connectivity index (χ0n) is 14.4. The highest BCUT2D eigenvalue weighted by molar-refractivity contribution is 7.15. The van der Waals surface area contributed by atoms with Crippen LogP contribution in [0.1, 0.15) is 48.6 Å². The predicted octanol–water partition coefficient (Wildman–Crippen LogP) is 2.16. The molecule has 2 heterocycles. The molecule has 1 aliphatic carbocycles. The van der Waals surface area contributed by atoms with Crippen molar-refractivity contribution in [3.8, 4) is 0 Å². The van der Waals surface area contributed by atoms with E-state index in [0.717, 1.165) is 30.0 Å². The van der Waals surface area contributed by atoms with E-state index in [-0.39, 0.29) is 11.9 Å². The number of carbonyl (C=O) groups excluding carboxylic acids is 1. The van der Waals surface area contributed by atoms with Crippen LogP contribution in [-0.2, 0) is 30.6 Å². The fourth-order valence-corrected chi connectivity index (χ4v) is 3.59. The van der Waals surface area contributed by atoms with Crippen molar-refractivity contribution < 1.29 is 4.79 Å². The van der Waals surface area contributed by atoms with Crippen LogP contribution in [0.2, 0.25) is 0 Å². The zero-order valence-corrected chi connectivity index (χ0v) is 15.2. The van der Waals surface area contributed by atoms with Gasteiger partial charge in [0.1, 0.15) is 5.01 Å². The molecule has 130 valence electrons. The Morgan fingerprint density at radius 3 is 2.92 bits per heavy atom. The highest BCUT2D eigenvalue weighted by Gasteiger charge is 2.23. The first kappa shape index (κ1) is 17.0. The van der Waals surface area contributed by atoms with Crippen LogP contribution in [0.5, 0.6) is 0 Å². The minimum Gasteiger partial charge on any atom is -0.299 e. The van der Waals surface area contributed by atoms with Crippen LogP contribution in [-0.4, -0.2) is 44.3 Å². The third-order valence-electron chi connectivity index (χ3n) is 4.58. The van der Waals surface area contributed by atoms with E-state index >= 15 is 0 Å². The molecule has 1 atom stereocenters. The molecular formula is C16H24N6OS. The van der Waals surface area contributed by atoms with Crippen molar-refractivity contribution in [3.05, 3.63) is 22.0 Å². The highest BCUT2D eigenvalue weighted by atomic mass is 32.1. The fourth-order valence-electron chi connectivity index (χ4n) is 2.91. The molecule has 0 fully saturated rings. The van der Waals surface area contributed by atoms with Gasteiger partial charge in [0.15, 0.2) is 0 Å². The Morgan fingerprint density at radius 2 is 2.17 bits per heavy atom. The second-order valence-corrected chi connectivity index (χ2v) is 7.33. The Balaban J connectivity index is 1.60. The van der Waals surface area contributed by atoms with Crippen molar-refractivity contribution >= 4 is 22.4 Å². The van der Waals surface area contributed by atoms with Crippen molar-refractivity contribution in [2.45, 2.75) is 58.5 Å². The number of anilines is 1. The second-order valence-electron chi connectivity index (χ2n) is 6.27. The normalized spacial score (nSPS) is 15.3. The minimum atomic E-state index is -0.269. The number of nitrogens with one attached hydrogen (secondary N) is 2. The molecule has 0 radical (unpaired) electrons. The van der Waals surface area contributed by atoms with Crippen LogP contribution < -0.4 is 5.32 Å². The van der Waals surface area contributed by atoms with Crippen LogP contribution in [0.25, 0.3) is 0 Å². The van der Waals surface area contributed by atoms with Crippen molar-refractivity contribution in [1.82, 2.24) is 25.3 Å². The van der Waals surface area contributed by atoms with Gasteiger partial charge in [-0.2, -0.15) is 5.10 Å². The minimum absolute atomic E-state index is 0.0688. The maximum Gasteiger partial charge on any atom is 0.243 e. The summed E-state index contributed by atoms with van der Waals surface area (Å²) in [5.41, 5.74) is 3.68. The summed E-state index contributed by atoms with van der Waals surface area (Å²) in [4.78, 5) is 14.4. The molecule has 1 amide bonds. The summed E-state index contributed by atoms with van der Waals surface area (Å²) in [5.74, 6) is -0.0688. The molecule has 0 spiro atoms. The van der Waals surface area contributed by atoms with E-state index < -0.39 is 0 Å². The summed E-state index contributed by atoms with van der Waals surface area (Å²) >= 11 is 1.42. The number of likely N-dealkylation sites (N-methyl/N-ethyl adjacent to an activating group) is 1. The lowest BCUT2D eigenvalue weighted by Crippen LogP contribution is -2.39. The van der Waals surface area contributed by atoms with Crippen molar-refractivity contribution in [3.63, 3.8) is 0 Å². The molecule has 7 nitrogen and oxygen atoms in total. The smallest absolute Gasteiger partial charge is 0.243 e. The van der Waals surface area contributed by atoms with Gasteiger partial charge in [0, 0.05) is 12.2 Å². The number of aromatic nitrogens is 4. The number of amides is 1. The molecule has 0 saturated heterocycles.